The number of hydrogen-bond acceptors (Lipinski definition) is 6. The van der Waals surface area contributed by atoms with Gasteiger partial charge in [-0.3, -0.25) is 4.79 Å². The van der Waals surface area contributed by atoms with Crippen LogP contribution in [0.3, 0.4) is 0 Å². The van der Waals surface area contributed by atoms with Crippen LogP contribution in [0.1, 0.15) is 29.7 Å². The van der Waals surface area contributed by atoms with Gasteiger partial charge in [0.15, 0.2) is 0 Å². The molecule has 1 aromatic heterocycles. The summed E-state index contributed by atoms with van der Waals surface area (Å²) >= 11 is 0. The predicted molar refractivity (Wildman–Crippen MR) is 103 cm³/mol. The van der Waals surface area contributed by atoms with E-state index < -0.39 is 0 Å². The summed E-state index contributed by atoms with van der Waals surface area (Å²) < 4.78 is 5.61. The molecule has 0 unspecified atom stereocenters. The van der Waals surface area contributed by atoms with Gasteiger partial charge in [-0.05, 0) is 53.0 Å². The average Bonchev–Trinajstić information content (AvgIpc) is 2.60. The predicted octanol–water partition coefficient (Wildman–Crippen LogP) is 2.61. The van der Waals surface area contributed by atoms with Gasteiger partial charge in [-0.2, -0.15) is 0 Å². The van der Waals surface area contributed by atoms with Gasteiger partial charge in [0.2, 0.25) is 0 Å². The maximum Gasteiger partial charge on any atom is 0.270 e. The lowest BCUT2D eigenvalue weighted by atomic mass is 10.2. The lowest BCUT2D eigenvalue weighted by molar-refractivity contribution is 0.0947. The molecule has 2 aromatic rings. The normalized spacial score (nSPS) is 10.7. The first-order valence-electron chi connectivity index (χ1n) is 8.77. The van der Waals surface area contributed by atoms with Crippen molar-refractivity contribution in [3.05, 3.63) is 41.9 Å². The Morgan fingerprint density at radius 3 is 2.73 bits per heavy atom. The second-order valence-corrected chi connectivity index (χ2v) is 6.15. The molecule has 140 valence electrons. The van der Waals surface area contributed by atoms with Crippen LogP contribution >= 0.6 is 0 Å². The number of carbonyl (C=O) groups excluding carboxylic acids is 1. The molecule has 0 saturated carbocycles. The minimum atomic E-state index is -0.199. The number of aryl methyl sites for hydroxylation is 1. The Bertz CT molecular complexity index is 734. The zero-order valence-corrected chi connectivity index (χ0v) is 15.9. The number of hydrogen-bond donors (Lipinski definition) is 2. The summed E-state index contributed by atoms with van der Waals surface area (Å²) in [4.78, 5) is 23.0. The van der Waals surface area contributed by atoms with Crippen LogP contribution in [-0.2, 0) is 0 Å². The van der Waals surface area contributed by atoms with E-state index in [0.717, 1.165) is 24.4 Å². The van der Waals surface area contributed by atoms with Crippen LogP contribution in [0.5, 0.6) is 5.75 Å². The Morgan fingerprint density at radius 2 is 2.00 bits per heavy atom. The molecule has 0 fully saturated rings. The van der Waals surface area contributed by atoms with E-state index in [2.05, 4.69) is 25.5 Å². The molecule has 7 nitrogen and oxygen atoms in total. The quantitative estimate of drug-likeness (QED) is 0.672. The Hall–Kier alpha value is -2.67. The van der Waals surface area contributed by atoms with Crippen LogP contribution in [0, 0.1) is 6.92 Å². The first kappa shape index (κ1) is 19.7. The van der Waals surface area contributed by atoms with E-state index >= 15 is 0 Å². The van der Waals surface area contributed by atoms with Crippen molar-refractivity contribution in [1.29, 1.82) is 0 Å². The van der Waals surface area contributed by atoms with Gasteiger partial charge >= 0.3 is 0 Å². The summed E-state index contributed by atoms with van der Waals surface area (Å²) in [5.41, 5.74) is 1.14. The van der Waals surface area contributed by atoms with Crippen molar-refractivity contribution < 1.29 is 9.53 Å². The van der Waals surface area contributed by atoms with Crippen molar-refractivity contribution in [2.75, 3.05) is 39.1 Å². The van der Waals surface area contributed by atoms with Gasteiger partial charge in [-0.15, -0.1) is 0 Å². The summed E-state index contributed by atoms with van der Waals surface area (Å²) in [5, 5.41) is 6.11. The summed E-state index contributed by atoms with van der Waals surface area (Å²) in [6, 6.07) is 9.27. The van der Waals surface area contributed by atoms with E-state index in [4.69, 9.17) is 4.74 Å². The van der Waals surface area contributed by atoms with Crippen molar-refractivity contribution >= 4 is 17.4 Å². The van der Waals surface area contributed by atoms with Crippen LogP contribution in [-0.4, -0.2) is 54.6 Å². The summed E-state index contributed by atoms with van der Waals surface area (Å²) in [6.45, 7) is 5.80. The maximum absolute atomic E-state index is 12.3. The Labute approximate surface area is 154 Å². The second kappa shape index (κ2) is 9.72. The third-order valence-corrected chi connectivity index (χ3v) is 3.59. The Morgan fingerprint density at radius 1 is 1.23 bits per heavy atom. The first-order chi connectivity index (χ1) is 12.5. The van der Waals surface area contributed by atoms with Crippen molar-refractivity contribution in [3.63, 3.8) is 0 Å². The zero-order chi connectivity index (χ0) is 18.9. The molecule has 0 radical (unpaired) electrons. The van der Waals surface area contributed by atoms with Gasteiger partial charge < -0.3 is 20.3 Å². The summed E-state index contributed by atoms with van der Waals surface area (Å²) in [5.74, 6) is 1.63. The topological polar surface area (TPSA) is 79.4 Å². The second-order valence-electron chi connectivity index (χ2n) is 6.15. The molecular formula is C19H27N5O2. The average molecular weight is 357 g/mol. The van der Waals surface area contributed by atoms with E-state index in [0.29, 0.717) is 30.5 Å². The number of ether oxygens (including phenoxy) is 1. The van der Waals surface area contributed by atoms with Crippen LogP contribution in [0.2, 0.25) is 0 Å². The fourth-order valence-electron chi connectivity index (χ4n) is 2.43. The number of para-hydroxylation sites is 2. The molecular weight excluding hydrogens is 330 g/mol. The minimum Gasteiger partial charge on any atom is -0.492 e. The molecule has 0 spiro atoms. The molecule has 0 bridgehead atoms. The molecule has 0 saturated heterocycles. The Balaban J connectivity index is 2.08. The van der Waals surface area contributed by atoms with Gasteiger partial charge in [-0.1, -0.05) is 12.1 Å². The van der Waals surface area contributed by atoms with Gasteiger partial charge in [0.25, 0.3) is 5.91 Å². The molecule has 2 rings (SSSR count). The lowest BCUT2D eigenvalue weighted by Crippen LogP contribution is -2.28. The van der Waals surface area contributed by atoms with Gasteiger partial charge in [0, 0.05) is 12.6 Å². The molecule has 0 atom stereocenters. The summed E-state index contributed by atoms with van der Waals surface area (Å²) in [6.07, 6.45) is 0.885. The fourth-order valence-corrected chi connectivity index (χ4v) is 2.43. The van der Waals surface area contributed by atoms with Gasteiger partial charge in [0.05, 0.1) is 12.3 Å². The highest BCUT2D eigenvalue weighted by Crippen LogP contribution is 2.26. The van der Waals surface area contributed by atoms with Crippen molar-refractivity contribution in [2.24, 2.45) is 0 Å². The van der Waals surface area contributed by atoms with E-state index in [9.17, 15) is 4.79 Å². The number of carbonyl (C=O) groups is 1. The zero-order valence-electron chi connectivity index (χ0n) is 15.9. The minimum absolute atomic E-state index is 0.199. The maximum atomic E-state index is 12.3. The van der Waals surface area contributed by atoms with E-state index in [1.165, 1.54) is 0 Å². The van der Waals surface area contributed by atoms with E-state index in [1.807, 2.05) is 45.3 Å². The van der Waals surface area contributed by atoms with Crippen LogP contribution < -0.4 is 15.4 Å². The number of anilines is 2. The Kier molecular flexibility index (Phi) is 7.35. The molecule has 1 amide bonds. The van der Waals surface area contributed by atoms with Crippen molar-refractivity contribution in [2.45, 2.75) is 20.3 Å². The SMILES string of the molecule is CCOc1ccccc1Nc1cc(C(=O)NCCCN(C)C)nc(C)n1. The lowest BCUT2D eigenvalue weighted by Gasteiger charge is -2.13. The monoisotopic (exact) mass is 357 g/mol. The van der Waals surface area contributed by atoms with E-state index in [1.54, 1.807) is 13.0 Å². The van der Waals surface area contributed by atoms with E-state index in [-0.39, 0.29) is 5.91 Å². The largest absolute Gasteiger partial charge is 0.492 e. The number of aromatic nitrogens is 2. The standard InChI is InChI=1S/C19H27N5O2/c1-5-26-17-10-7-6-9-15(17)23-18-13-16(21-14(2)22-18)19(25)20-11-8-12-24(3)4/h6-7,9-10,13H,5,8,11-12H2,1-4H3,(H,20,25)(H,21,22,23). The molecule has 2 N–H and O–H groups in total. The molecule has 7 heteroatoms. The van der Waals surface area contributed by atoms with Crippen LogP contribution in [0.15, 0.2) is 30.3 Å². The number of nitrogens with zero attached hydrogens (tertiary/aromatic N) is 3. The molecule has 1 heterocycles. The highest BCUT2D eigenvalue weighted by atomic mass is 16.5. The number of benzene rings is 1. The molecule has 0 aliphatic rings. The molecule has 0 aliphatic heterocycles. The molecule has 0 aliphatic carbocycles. The summed E-state index contributed by atoms with van der Waals surface area (Å²) in [7, 11) is 4.02. The van der Waals surface area contributed by atoms with Gasteiger partial charge in [-0.25, -0.2) is 9.97 Å². The fraction of sp³-hybridized carbons (Fsp3) is 0.421. The molecule has 1 aromatic carbocycles. The van der Waals surface area contributed by atoms with Crippen LogP contribution in [0.25, 0.3) is 0 Å². The first-order valence-corrected chi connectivity index (χ1v) is 8.77. The highest BCUT2D eigenvalue weighted by Gasteiger charge is 2.11. The number of nitrogens with one attached hydrogen (secondary N) is 2. The number of amides is 1. The highest BCUT2D eigenvalue weighted by molar-refractivity contribution is 5.93. The number of rotatable bonds is 9. The molecule has 26 heavy (non-hydrogen) atoms. The van der Waals surface area contributed by atoms with Crippen molar-refractivity contribution in [3.8, 4) is 5.75 Å². The van der Waals surface area contributed by atoms with Crippen molar-refractivity contribution in [1.82, 2.24) is 20.2 Å². The third-order valence-electron chi connectivity index (χ3n) is 3.59. The smallest absolute Gasteiger partial charge is 0.270 e. The van der Waals surface area contributed by atoms with Gasteiger partial charge in [0.1, 0.15) is 23.1 Å². The van der Waals surface area contributed by atoms with Crippen LogP contribution in [0.4, 0.5) is 11.5 Å². The third kappa shape index (κ3) is 6.00.